The Morgan fingerprint density at radius 2 is 1.77 bits per heavy atom. The molecule has 0 aliphatic carbocycles. The van der Waals surface area contributed by atoms with E-state index in [4.69, 9.17) is 0 Å². The summed E-state index contributed by atoms with van der Waals surface area (Å²) in [4.78, 5) is 21.0. The number of halogens is 5. The number of alkyl halides is 3. The van der Waals surface area contributed by atoms with Crippen molar-refractivity contribution >= 4 is 23.4 Å². The average molecular weight is 508 g/mol. The van der Waals surface area contributed by atoms with Gasteiger partial charge in [-0.25, -0.2) is 23.4 Å². The summed E-state index contributed by atoms with van der Waals surface area (Å²) in [5, 5.41) is 10.4. The lowest BCUT2D eigenvalue weighted by Crippen LogP contribution is -2.17. The van der Waals surface area contributed by atoms with Crippen LogP contribution in [0.2, 0.25) is 0 Å². The lowest BCUT2D eigenvalue weighted by molar-refractivity contribution is -0.274. The molecule has 8 nitrogen and oxygen atoms in total. The SMILES string of the molecule is O=C(Nc1cc(F)ccc1F)c1nnn(-c2ccc(OC(F)(F)F)cc2)c1CSc1ncccn1. The number of nitrogens with one attached hydrogen (secondary N) is 1. The van der Waals surface area contributed by atoms with Gasteiger partial charge in [0.05, 0.1) is 17.1 Å². The molecule has 1 N–H and O–H groups in total. The smallest absolute Gasteiger partial charge is 0.406 e. The molecule has 0 spiro atoms. The Labute approximate surface area is 198 Å². The van der Waals surface area contributed by atoms with Crippen molar-refractivity contribution in [3.8, 4) is 11.4 Å². The van der Waals surface area contributed by atoms with Gasteiger partial charge in [-0.1, -0.05) is 17.0 Å². The van der Waals surface area contributed by atoms with Crippen LogP contribution in [-0.2, 0) is 5.75 Å². The molecule has 0 saturated heterocycles. The summed E-state index contributed by atoms with van der Waals surface area (Å²) in [6.07, 6.45) is -1.82. The molecule has 0 atom stereocenters. The van der Waals surface area contributed by atoms with Crippen molar-refractivity contribution in [3.05, 3.63) is 83.9 Å². The third kappa shape index (κ3) is 6.09. The molecule has 1 amide bonds. The molecule has 0 saturated carbocycles. The maximum Gasteiger partial charge on any atom is 0.573 e. The molecule has 4 aromatic rings. The summed E-state index contributed by atoms with van der Waals surface area (Å²) in [5.74, 6) is -2.88. The minimum Gasteiger partial charge on any atom is -0.406 e. The van der Waals surface area contributed by atoms with Crippen molar-refractivity contribution in [1.29, 1.82) is 0 Å². The zero-order valence-electron chi connectivity index (χ0n) is 17.3. The number of hydrogen-bond donors (Lipinski definition) is 1. The fraction of sp³-hybridized carbons (Fsp3) is 0.0952. The fourth-order valence-corrected chi connectivity index (χ4v) is 3.67. The van der Waals surface area contributed by atoms with E-state index in [-0.39, 0.29) is 22.8 Å². The Kier molecular flexibility index (Phi) is 6.91. The number of hydrogen-bond acceptors (Lipinski definition) is 7. The zero-order valence-corrected chi connectivity index (χ0v) is 18.1. The van der Waals surface area contributed by atoms with E-state index in [1.54, 1.807) is 6.07 Å². The number of thioether (sulfide) groups is 1. The van der Waals surface area contributed by atoms with Crippen molar-refractivity contribution in [2.24, 2.45) is 0 Å². The van der Waals surface area contributed by atoms with Gasteiger partial charge in [-0.2, -0.15) is 0 Å². The number of aromatic nitrogens is 5. The highest BCUT2D eigenvalue weighted by molar-refractivity contribution is 7.98. The van der Waals surface area contributed by atoms with Gasteiger partial charge in [-0.3, -0.25) is 4.79 Å². The number of carbonyl (C=O) groups excluding carboxylic acids is 1. The summed E-state index contributed by atoms with van der Waals surface area (Å²) >= 11 is 1.13. The molecule has 0 fully saturated rings. The molecule has 0 radical (unpaired) electrons. The van der Waals surface area contributed by atoms with Crippen LogP contribution in [0, 0.1) is 11.6 Å². The number of ether oxygens (including phenoxy) is 1. The third-order valence-corrected chi connectivity index (χ3v) is 5.24. The van der Waals surface area contributed by atoms with Crippen molar-refractivity contribution < 1.29 is 31.5 Å². The van der Waals surface area contributed by atoms with Gasteiger partial charge in [0.15, 0.2) is 10.9 Å². The van der Waals surface area contributed by atoms with Gasteiger partial charge in [-0.15, -0.1) is 18.3 Å². The molecule has 2 aromatic heterocycles. The van der Waals surface area contributed by atoms with Gasteiger partial charge in [0.1, 0.15) is 17.4 Å². The first kappa shape index (κ1) is 24.1. The van der Waals surface area contributed by atoms with Crippen LogP contribution in [0.15, 0.2) is 66.1 Å². The number of amides is 1. The largest absolute Gasteiger partial charge is 0.573 e. The number of rotatable bonds is 7. The summed E-state index contributed by atoms with van der Waals surface area (Å²) in [6, 6.07) is 8.91. The number of nitrogens with zero attached hydrogens (tertiary/aromatic N) is 5. The Bertz CT molecular complexity index is 1330. The quantitative estimate of drug-likeness (QED) is 0.218. The number of benzene rings is 2. The highest BCUT2D eigenvalue weighted by Crippen LogP contribution is 2.27. The van der Waals surface area contributed by atoms with Crippen LogP contribution in [-0.4, -0.2) is 37.2 Å². The number of anilines is 1. The van der Waals surface area contributed by atoms with Gasteiger partial charge in [-0.05, 0) is 42.5 Å². The normalized spacial score (nSPS) is 11.3. The van der Waals surface area contributed by atoms with Crippen LogP contribution in [0.5, 0.6) is 5.75 Å². The van der Waals surface area contributed by atoms with Crippen molar-refractivity contribution in [2.45, 2.75) is 17.3 Å². The summed E-state index contributed by atoms with van der Waals surface area (Å²) in [7, 11) is 0. The van der Waals surface area contributed by atoms with Crippen molar-refractivity contribution in [2.75, 3.05) is 5.32 Å². The van der Waals surface area contributed by atoms with E-state index in [2.05, 4.69) is 30.3 Å². The molecule has 2 aromatic carbocycles. The molecule has 2 heterocycles. The van der Waals surface area contributed by atoms with Crippen LogP contribution in [0.3, 0.4) is 0 Å². The van der Waals surface area contributed by atoms with Gasteiger partial charge in [0.2, 0.25) is 0 Å². The summed E-state index contributed by atoms with van der Waals surface area (Å²) in [5.41, 5.74) is -0.134. The molecule has 14 heteroatoms. The van der Waals surface area contributed by atoms with E-state index >= 15 is 0 Å². The Morgan fingerprint density at radius 1 is 1.06 bits per heavy atom. The monoisotopic (exact) mass is 508 g/mol. The van der Waals surface area contributed by atoms with Crippen LogP contribution < -0.4 is 10.1 Å². The number of carbonyl (C=O) groups is 1. The maximum absolute atomic E-state index is 14.0. The first-order valence-electron chi connectivity index (χ1n) is 9.66. The van der Waals surface area contributed by atoms with Crippen LogP contribution in [0.1, 0.15) is 16.2 Å². The molecule has 35 heavy (non-hydrogen) atoms. The summed E-state index contributed by atoms with van der Waals surface area (Å²) < 4.78 is 70.0. The minimum absolute atomic E-state index is 0.0617. The maximum atomic E-state index is 14.0. The molecular formula is C21H13F5N6O2S. The topological polar surface area (TPSA) is 94.8 Å². The highest BCUT2D eigenvalue weighted by atomic mass is 32.2. The lowest BCUT2D eigenvalue weighted by atomic mass is 10.2. The first-order chi connectivity index (χ1) is 16.7. The molecule has 0 aliphatic rings. The van der Waals surface area contributed by atoms with Crippen molar-refractivity contribution in [1.82, 2.24) is 25.0 Å². The van der Waals surface area contributed by atoms with Gasteiger partial charge < -0.3 is 10.1 Å². The van der Waals surface area contributed by atoms with E-state index in [0.29, 0.717) is 5.16 Å². The van der Waals surface area contributed by atoms with Gasteiger partial charge in [0, 0.05) is 24.2 Å². The average Bonchev–Trinajstić information content (AvgIpc) is 3.24. The van der Waals surface area contributed by atoms with Crippen LogP contribution in [0.4, 0.5) is 27.6 Å². The molecule has 0 unspecified atom stereocenters. The van der Waals surface area contributed by atoms with Crippen molar-refractivity contribution in [3.63, 3.8) is 0 Å². The van der Waals surface area contributed by atoms with Crippen LogP contribution in [0.25, 0.3) is 5.69 Å². The predicted molar refractivity (Wildman–Crippen MR) is 114 cm³/mol. The molecular weight excluding hydrogens is 495 g/mol. The van der Waals surface area contributed by atoms with Crippen LogP contribution >= 0.6 is 11.8 Å². The highest BCUT2D eigenvalue weighted by Gasteiger charge is 2.31. The standard InChI is InChI=1S/C21H13F5N6O2S/c22-12-2-7-15(23)16(10-12)29-19(33)18-17(11-35-20-27-8-1-9-28-20)32(31-30-18)13-3-5-14(6-4-13)34-21(24,25)26/h1-10H,11H2,(H,29,33). The van der Waals surface area contributed by atoms with E-state index < -0.39 is 35.3 Å². The Balaban J connectivity index is 1.66. The van der Waals surface area contributed by atoms with Gasteiger partial charge >= 0.3 is 6.36 Å². The van der Waals surface area contributed by atoms with E-state index in [9.17, 15) is 26.7 Å². The minimum atomic E-state index is -4.86. The van der Waals surface area contributed by atoms with E-state index in [1.807, 2.05) is 0 Å². The lowest BCUT2D eigenvalue weighted by Gasteiger charge is -2.11. The molecule has 0 bridgehead atoms. The second kappa shape index (κ2) is 10.0. The summed E-state index contributed by atoms with van der Waals surface area (Å²) in [6.45, 7) is 0. The first-order valence-corrected chi connectivity index (χ1v) is 10.6. The second-order valence-electron chi connectivity index (χ2n) is 6.74. The molecule has 180 valence electrons. The van der Waals surface area contributed by atoms with E-state index in [1.165, 1.54) is 29.2 Å². The second-order valence-corrected chi connectivity index (χ2v) is 7.68. The predicted octanol–water partition coefficient (Wildman–Crippen LogP) is 4.78. The van der Waals surface area contributed by atoms with Gasteiger partial charge in [0.25, 0.3) is 5.91 Å². The Morgan fingerprint density at radius 3 is 2.46 bits per heavy atom. The fourth-order valence-electron chi connectivity index (χ4n) is 2.87. The molecule has 0 aliphatic heterocycles. The van der Waals surface area contributed by atoms with E-state index in [0.717, 1.165) is 42.1 Å². The third-order valence-electron chi connectivity index (χ3n) is 4.35. The Hall–Kier alpha value is -4.07. The molecule has 4 rings (SSSR count). The zero-order chi connectivity index (χ0) is 25.0.